The van der Waals surface area contributed by atoms with Gasteiger partial charge in [0, 0.05) is 25.1 Å². The number of aromatic hydroxyl groups is 2. The summed E-state index contributed by atoms with van der Waals surface area (Å²) in [5, 5.41) is 26.1. The van der Waals surface area contributed by atoms with Crippen molar-refractivity contribution in [2.75, 3.05) is 34.4 Å². The quantitative estimate of drug-likeness (QED) is 0.263. The molecule has 4 N–H and O–H groups in total. The number of hydrogen-bond acceptors (Lipinski definition) is 7. The van der Waals surface area contributed by atoms with Crippen LogP contribution in [0.2, 0.25) is 0 Å². The largest absolute Gasteiger partial charge is 0.504 e. The van der Waals surface area contributed by atoms with Gasteiger partial charge in [0.1, 0.15) is 6.61 Å². The van der Waals surface area contributed by atoms with Crippen molar-refractivity contribution >= 4 is 5.78 Å². The molecule has 0 aliphatic rings. The molecule has 7 nitrogen and oxygen atoms in total. The molecule has 0 saturated carbocycles. The summed E-state index contributed by atoms with van der Waals surface area (Å²) in [6.07, 6.45) is 5.91. The Bertz CT molecular complexity index is 911. The summed E-state index contributed by atoms with van der Waals surface area (Å²) >= 11 is 0. The van der Waals surface area contributed by atoms with Crippen LogP contribution >= 0.6 is 0 Å². The third-order valence-electron chi connectivity index (χ3n) is 5.00. The normalized spacial score (nSPS) is 11.1. The number of phenolic OH excluding ortho intramolecular Hbond substituents is 2. The van der Waals surface area contributed by atoms with E-state index in [1.54, 1.807) is 24.3 Å². The highest BCUT2D eigenvalue weighted by atomic mass is 16.5. The molecule has 174 valence electrons. The van der Waals surface area contributed by atoms with Crippen molar-refractivity contribution in [3.05, 3.63) is 59.2 Å². The molecule has 0 amide bonds. The Morgan fingerprint density at radius 1 is 1.03 bits per heavy atom. The minimum absolute atomic E-state index is 0.0507. The second kappa shape index (κ2) is 13.4. The number of likely N-dealkylation sites (N-methyl/N-ethyl adjacent to an activating group) is 1. The Labute approximate surface area is 190 Å². The lowest BCUT2D eigenvalue weighted by Gasteiger charge is -2.14. The van der Waals surface area contributed by atoms with Gasteiger partial charge in [-0.25, -0.2) is 0 Å². The first-order valence-corrected chi connectivity index (χ1v) is 10.8. The van der Waals surface area contributed by atoms with Gasteiger partial charge in [0.25, 0.3) is 0 Å². The second-order valence-corrected chi connectivity index (χ2v) is 7.50. The summed E-state index contributed by atoms with van der Waals surface area (Å²) in [7, 11) is 5.18. The number of benzene rings is 2. The van der Waals surface area contributed by atoms with Gasteiger partial charge in [0.15, 0.2) is 28.8 Å². The number of carbonyl (C=O) groups excluding carboxylic acids is 1. The van der Waals surface area contributed by atoms with E-state index in [4.69, 9.17) is 9.47 Å². The summed E-state index contributed by atoms with van der Waals surface area (Å²) in [5.41, 5.74) is 2.77. The van der Waals surface area contributed by atoms with Gasteiger partial charge < -0.3 is 30.3 Å². The Balaban J connectivity index is 1.90. The van der Waals surface area contributed by atoms with Gasteiger partial charge >= 0.3 is 0 Å². The number of rotatable bonds is 14. The van der Waals surface area contributed by atoms with Gasteiger partial charge in [0.05, 0.1) is 7.11 Å². The van der Waals surface area contributed by atoms with E-state index in [0.29, 0.717) is 50.5 Å². The summed E-state index contributed by atoms with van der Waals surface area (Å²) in [4.78, 5) is 12.2. The van der Waals surface area contributed by atoms with E-state index >= 15 is 0 Å². The second-order valence-electron chi connectivity index (χ2n) is 7.50. The zero-order chi connectivity index (χ0) is 23.3. The number of nitrogens with one attached hydrogen (secondary N) is 2. The molecule has 2 aromatic rings. The van der Waals surface area contributed by atoms with E-state index in [9.17, 15) is 15.0 Å². The van der Waals surface area contributed by atoms with Gasteiger partial charge in [-0.2, -0.15) is 0 Å². The standard InChI is InChI=1S/C25H34N2O5/c1-26-12-13-32-24-16-19(14-20(17-27-2)25(24)30)6-4-5-7-21(28)10-8-18-9-11-22(29)23(15-18)31-3/h5,7,9,11,14-16,26-27,29-30H,4,6,8,10,12-13,17H2,1-3H3. The molecule has 7 heteroatoms. The summed E-state index contributed by atoms with van der Waals surface area (Å²) in [6.45, 7) is 1.69. The molecule has 0 aliphatic carbocycles. The average Bonchev–Trinajstić information content (AvgIpc) is 2.79. The highest BCUT2D eigenvalue weighted by Gasteiger charge is 2.11. The predicted molar refractivity (Wildman–Crippen MR) is 126 cm³/mol. The molecule has 0 radical (unpaired) electrons. The zero-order valence-corrected chi connectivity index (χ0v) is 19.1. The SMILES string of the molecule is CNCCOc1cc(CCC=CC(=O)CCc2ccc(O)c(OC)c2)cc(CNC)c1O. The number of allylic oxidation sites excluding steroid dienone is 2. The van der Waals surface area contributed by atoms with E-state index < -0.39 is 0 Å². The minimum Gasteiger partial charge on any atom is -0.504 e. The minimum atomic E-state index is 0.0507. The van der Waals surface area contributed by atoms with Crippen LogP contribution in [0.15, 0.2) is 42.5 Å². The van der Waals surface area contributed by atoms with Gasteiger partial charge in [-0.3, -0.25) is 4.79 Å². The molecule has 0 aliphatic heterocycles. The Morgan fingerprint density at radius 3 is 2.53 bits per heavy atom. The smallest absolute Gasteiger partial charge is 0.162 e. The molecule has 32 heavy (non-hydrogen) atoms. The molecule has 0 saturated heterocycles. The van der Waals surface area contributed by atoms with Crippen molar-refractivity contribution in [3.8, 4) is 23.0 Å². The van der Waals surface area contributed by atoms with E-state index in [0.717, 1.165) is 23.1 Å². The fourth-order valence-electron chi connectivity index (χ4n) is 3.26. The first-order chi connectivity index (χ1) is 15.5. The topological polar surface area (TPSA) is 100 Å². The number of carbonyl (C=O) groups is 1. The lowest BCUT2D eigenvalue weighted by atomic mass is 10.0. The molecule has 2 aromatic carbocycles. The third kappa shape index (κ3) is 7.90. The van der Waals surface area contributed by atoms with Crippen LogP contribution in [-0.2, 0) is 24.2 Å². The van der Waals surface area contributed by atoms with Crippen LogP contribution in [-0.4, -0.2) is 50.4 Å². The molecule has 0 bridgehead atoms. The van der Waals surface area contributed by atoms with Crippen LogP contribution in [0, 0.1) is 0 Å². The van der Waals surface area contributed by atoms with Crippen LogP contribution in [0.4, 0.5) is 0 Å². The molecule has 0 aromatic heterocycles. The number of phenols is 2. The summed E-state index contributed by atoms with van der Waals surface area (Å²) in [5.74, 6) is 1.19. The third-order valence-corrected chi connectivity index (χ3v) is 5.00. The van der Waals surface area contributed by atoms with Gasteiger partial charge in [-0.05, 0) is 68.8 Å². The summed E-state index contributed by atoms with van der Waals surface area (Å²) < 4.78 is 10.8. The van der Waals surface area contributed by atoms with E-state index in [1.165, 1.54) is 7.11 Å². The number of ketones is 1. The van der Waals surface area contributed by atoms with Crippen molar-refractivity contribution in [1.82, 2.24) is 10.6 Å². The van der Waals surface area contributed by atoms with Gasteiger partial charge in [-0.15, -0.1) is 0 Å². The van der Waals surface area contributed by atoms with Crippen LogP contribution in [0.3, 0.4) is 0 Å². The number of ether oxygens (including phenoxy) is 2. The van der Waals surface area contributed by atoms with Crippen LogP contribution in [0.5, 0.6) is 23.0 Å². The van der Waals surface area contributed by atoms with Gasteiger partial charge in [0.2, 0.25) is 0 Å². The molecule has 0 heterocycles. The van der Waals surface area contributed by atoms with Gasteiger partial charge in [-0.1, -0.05) is 18.2 Å². The first-order valence-electron chi connectivity index (χ1n) is 10.8. The molecule has 0 unspecified atom stereocenters. The lowest BCUT2D eigenvalue weighted by Crippen LogP contribution is -2.16. The van der Waals surface area contributed by atoms with Crippen molar-refractivity contribution in [2.24, 2.45) is 0 Å². The highest BCUT2D eigenvalue weighted by Crippen LogP contribution is 2.32. The maximum atomic E-state index is 12.2. The van der Waals surface area contributed by atoms with Crippen molar-refractivity contribution in [1.29, 1.82) is 0 Å². The molecular formula is C25H34N2O5. The average molecular weight is 443 g/mol. The monoisotopic (exact) mass is 442 g/mol. The van der Waals surface area contributed by atoms with Crippen molar-refractivity contribution in [2.45, 2.75) is 32.2 Å². The Morgan fingerprint density at radius 2 is 1.81 bits per heavy atom. The van der Waals surface area contributed by atoms with Crippen LogP contribution in [0.25, 0.3) is 0 Å². The van der Waals surface area contributed by atoms with Crippen molar-refractivity contribution in [3.63, 3.8) is 0 Å². The maximum absolute atomic E-state index is 12.2. The Kier molecular flexibility index (Phi) is 10.6. The lowest BCUT2D eigenvalue weighted by molar-refractivity contribution is -0.114. The zero-order valence-electron chi connectivity index (χ0n) is 19.1. The molecular weight excluding hydrogens is 408 g/mol. The molecule has 0 spiro atoms. The Hall–Kier alpha value is -3.03. The van der Waals surface area contributed by atoms with Crippen LogP contribution in [0.1, 0.15) is 29.5 Å². The molecule has 0 atom stereocenters. The maximum Gasteiger partial charge on any atom is 0.162 e. The molecule has 2 rings (SSSR count). The predicted octanol–water partition coefficient (Wildman–Crippen LogP) is 3.11. The van der Waals surface area contributed by atoms with E-state index in [-0.39, 0.29) is 17.3 Å². The number of hydrogen-bond donors (Lipinski definition) is 4. The number of aryl methyl sites for hydroxylation is 2. The highest BCUT2D eigenvalue weighted by molar-refractivity contribution is 5.89. The fourth-order valence-corrected chi connectivity index (χ4v) is 3.26. The molecule has 0 fully saturated rings. The van der Waals surface area contributed by atoms with E-state index in [2.05, 4.69) is 10.6 Å². The fraction of sp³-hybridized carbons (Fsp3) is 0.400. The van der Waals surface area contributed by atoms with Crippen molar-refractivity contribution < 1.29 is 24.5 Å². The van der Waals surface area contributed by atoms with Crippen LogP contribution < -0.4 is 20.1 Å². The number of methoxy groups -OCH3 is 1. The van der Waals surface area contributed by atoms with E-state index in [1.807, 2.05) is 32.3 Å². The summed E-state index contributed by atoms with van der Waals surface area (Å²) in [6, 6.07) is 8.93. The first kappa shape index (κ1) is 25.2.